The monoisotopic (exact) mass is 279 g/mol. The number of benzene rings is 1. The molecular weight excluding hydrogens is 266 g/mol. The van der Waals surface area contributed by atoms with Crippen LogP contribution in [-0.2, 0) is 4.79 Å². The third kappa shape index (κ3) is 2.68. The molecule has 0 saturated carbocycles. The Labute approximate surface area is 114 Å². The van der Waals surface area contributed by atoms with E-state index in [1.807, 2.05) is 0 Å². The molecule has 0 atom stereocenters. The van der Waals surface area contributed by atoms with E-state index in [2.05, 4.69) is 5.32 Å². The average Bonchev–Trinajstić information content (AvgIpc) is 2.45. The summed E-state index contributed by atoms with van der Waals surface area (Å²) in [4.78, 5) is 35.1. The molecule has 0 bridgehead atoms. The maximum atomic E-state index is 12.3. The van der Waals surface area contributed by atoms with Crippen molar-refractivity contribution in [3.8, 4) is 5.75 Å². The molecule has 1 aromatic carbocycles. The molecule has 1 aliphatic rings. The summed E-state index contributed by atoms with van der Waals surface area (Å²) in [5.74, 6) is -0.493. The fraction of sp³-hybridized carbons (Fsp3) is 0.333. The van der Waals surface area contributed by atoms with Gasteiger partial charge in [0, 0.05) is 19.2 Å². The zero-order valence-electron chi connectivity index (χ0n) is 10.8. The van der Waals surface area contributed by atoms with Crippen molar-refractivity contribution in [1.29, 1.82) is 0 Å². The first-order valence-corrected chi connectivity index (χ1v) is 5.91. The van der Waals surface area contributed by atoms with Crippen LogP contribution in [0.2, 0.25) is 0 Å². The number of nitrogens with one attached hydrogen (secondary N) is 1. The van der Waals surface area contributed by atoms with Crippen LogP contribution in [0.25, 0.3) is 0 Å². The van der Waals surface area contributed by atoms with Gasteiger partial charge in [-0.05, 0) is 6.07 Å². The number of carbonyl (C=O) groups is 2. The van der Waals surface area contributed by atoms with Gasteiger partial charge in [-0.1, -0.05) is 0 Å². The number of methoxy groups -OCH3 is 1. The molecule has 0 aliphatic carbocycles. The SMILES string of the molecule is COc1cc([N+](=O)[O-])ccc1C(=O)N1CCNC(=O)C1. The highest BCUT2D eigenvalue weighted by molar-refractivity contribution is 5.99. The highest BCUT2D eigenvalue weighted by Gasteiger charge is 2.25. The van der Waals surface area contributed by atoms with Gasteiger partial charge in [0.2, 0.25) is 5.91 Å². The molecule has 1 heterocycles. The summed E-state index contributed by atoms with van der Waals surface area (Å²) in [6.45, 7) is 0.754. The summed E-state index contributed by atoms with van der Waals surface area (Å²) in [6.07, 6.45) is 0. The minimum atomic E-state index is -0.564. The average molecular weight is 279 g/mol. The number of nitro groups is 1. The van der Waals surface area contributed by atoms with Crippen molar-refractivity contribution in [3.05, 3.63) is 33.9 Å². The lowest BCUT2D eigenvalue weighted by Crippen LogP contribution is -2.50. The van der Waals surface area contributed by atoms with Crippen LogP contribution in [0.1, 0.15) is 10.4 Å². The number of hydrogen-bond acceptors (Lipinski definition) is 5. The topological polar surface area (TPSA) is 102 Å². The Morgan fingerprint density at radius 2 is 2.25 bits per heavy atom. The Kier molecular flexibility index (Phi) is 3.83. The Hall–Kier alpha value is -2.64. The summed E-state index contributed by atoms with van der Waals surface area (Å²) in [6, 6.07) is 3.77. The van der Waals surface area contributed by atoms with E-state index < -0.39 is 4.92 Å². The zero-order chi connectivity index (χ0) is 14.7. The molecule has 0 unspecified atom stereocenters. The Morgan fingerprint density at radius 3 is 2.85 bits per heavy atom. The van der Waals surface area contributed by atoms with Crippen molar-refractivity contribution in [1.82, 2.24) is 10.2 Å². The van der Waals surface area contributed by atoms with E-state index in [4.69, 9.17) is 4.74 Å². The molecular formula is C12H13N3O5. The summed E-state index contributed by atoms with van der Waals surface area (Å²) < 4.78 is 5.02. The molecule has 8 heteroatoms. The molecule has 106 valence electrons. The number of nitro benzene ring substituents is 1. The highest BCUT2D eigenvalue weighted by Crippen LogP contribution is 2.25. The Morgan fingerprint density at radius 1 is 1.50 bits per heavy atom. The van der Waals surface area contributed by atoms with Crippen molar-refractivity contribution in [3.63, 3.8) is 0 Å². The van der Waals surface area contributed by atoms with Gasteiger partial charge in [-0.25, -0.2) is 0 Å². The lowest BCUT2D eigenvalue weighted by Gasteiger charge is -2.27. The van der Waals surface area contributed by atoms with Crippen molar-refractivity contribution in [2.24, 2.45) is 0 Å². The molecule has 8 nitrogen and oxygen atoms in total. The van der Waals surface area contributed by atoms with Crippen LogP contribution in [0, 0.1) is 10.1 Å². The molecule has 0 radical (unpaired) electrons. The molecule has 1 fully saturated rings. The molecule has 0 aromatic heterocycles. The van der Waals surface area contributed by atoms with Crippen molar-refractivity contribution in [2.75, 3.05) is 26.7 Å². The van der Waals surface area contributed by atoms with Crippen molar-refractivity contribution >= 4 is 17.5 Å². The van der Waals surface area contributed by atoms with E-state index in [-0.39, 0.29) is 35.4 Å². The highest BCUT2D eigenvalue weighted by atomic mass is 16.6. The summed E-state index contributed by atoms with van der Waals surface area (Å²) in [5.41, 5.74) is 0.0441. The molecule has 2 rings (SSSR count). The maximum absolute atomic E-state index is 12.3. The number of nitrogens with zero attached hydrogens (tertiary/aromatic N) is 2. The van der Waals surface area contributed by atoms with Crippen molar-refractivity contribution < 1.29 is 19.2 Å². The molecule has 0 spiro atoms. The lowest BCUT2D eigenvalue weighted by atomic mass is 10.1. The minimum Gasteiger partial charge on any atom is -0.496 e. The Bertz CT molecular complexity index is 572. The van der Waals surface area contributed by atoms with E-state index in [1.54, 1.807) is 0 Å². The van der Waals surface area contributed by atoms with Crippen LogP contribution in [0.4, 0.5) is 5.69 Å². The fourth-order valence-corrected chi connectivity index (χ4v) is 1.95. The first-order chi connectivity index (χ1) is 9.52. The standard InChI is InChI=1S/C12H13N3O5/c1-20-10-6-8(15(18)19)2-3-9(10)12(17)14-5-4-13-11(16)7-14/h2-3,6H,4-5,7H2,1H3,(H,13,16). The van der Waals surface area contributed by atoms with Crippen LogP contribution < -0.4 is 10.1 Å². The van der Waals surface area contributed by atoms with Gasteiger partial charge >= 0.3 is 0 Å². The summed E-state index contributed by atoms with van der Waals surface area (Å²) >= 11 is 0. The van der Waals surface area contributed by atoms with Gasteiger partial charge in [-0.2, -0.15) is 0 Å². The van der Waals surface area contributed by atoms with Gasteiger partial charge in [0.05, 0.1) is 30.2 Å². The van der Waals surface area contributed by atoms with Gasteiger partial charge in [-0.15, -0.1) is 0 Å². The van der Waals surface area contributed by atoms with Crippen LogP contribution in [0.5, 0.6) is 5.75 Å². The van der Waals surface area contributed by atoms with Crippen LogP contribution in [-0.4, -0.2) is 48.4 Å². The fourth-order valence-electron chi connectivity index (χ4n) is 1.95. The number of amides is 2. The first kappa shape index (κ1) is 13.8. The van der Waals surface area contributed by atoms with E-state index in [0.717, 1.165) is 0 Å². The molecule has 1 aromatic rings. The number of ether oxygens (including phenoxy) is 1. The summed E-state index contributed by atoms with van der Waals surface area (Å²) in [7, 11) is 1.33. The Balaban J connectivity index is 2.29. The largest absolute Gasteiger partial charge is 0.496 e. The number of piperazine rings is 1. The van der Waals surface area contributed by atoms with Crippen LogP contribution in [0.15, 0.2) is 18.2 Å². The minimum absolute atomic E-state index is 0.0288. The smallest absolute Gasteiger partial charge is 0.273 e. The van der Waals surface area contributed by atoms with Gasteiger partial charge in [0.1, 0.15) is 5.75 Å². The number of rotatable bonds is 3. The number of non-ortho nitro benzene ring substituents is 1. The van der Waals surface area contributed by atoms with Crippen LogP contribution >= 0.6 is 0 Å². The van der Waals surface area contributed by atoms with E-state index in [0.29, 0.717) is 13.1 Å². The second-order valence-corrected chi connectivity index (χ2v) is 4.22. The molecule has 1 N–H and O–H groups in total. The normalized spacial score (nSPS) is 14.7. The second-order valence-electron chi connectivity index (χ2n) is 4.22. The van der Waals surface area contributed by atoms with Crippen LogP contribution in [0.3, 0.4) is 0 Å². The molecule has 1 saturated heterocycles. The van der Waals surface area contributed by atoms with Gasteiger partial charge in [-0.3, -0.25) is 19.7 Å². The van der Waals surface area contributed by atoms with E-state index in [1.165, 1.54) is 30.2 Å². The maximum Gasteiger partial charge on any atom is 0.273 e. The summed E-state index contributed by atoms with van der Waals surface area (Å²) in [5, 5.41) is 13.3. The third-order valence-electron chi connectivity index (χ3n) is 2.95. The molecule has 2 amide bonds. The predicted octanol–water partition coefficient (Wildman–Crippen LogP) is 0.175. The lowest BCUT2D eigenvalue weighted by molar-refractivity contribution is -0.384. The molecule has 1 aliphatic heterocycles. The third-order valence-corrected chi connectivity index (χ3v) is 2.95. The van der Waals surface area contributed by atoms with Gasteiger partial charge in [0.15, 0.2) is 0 Å². The zero-order valence-corrected chi connectivity index (χ0v) is 10.8. The van der Waals surface area contributed by atoms with E-state index >= 15 is 0 Å². The first-order valence-electron chi connectivity index (χ1n) is 5.91. The molecule has 20 heavy (non-hydrogen) atoms. The second kappa shape index (κ2) is 5.55. The number of carbonyl (C=O) groups excluding carboxylic acids is 2. The van der Waals surface area contributed by atoms with Crippen molar-refractivity contribution in [2.45, 2.75) is 0 Å². The predicted molar refractivity (Wildman–Crippen MR) is 68.6 cm³/mol. The van der Waals surface area contributed by atoms with Gasteiger partial charge in [0.25, 0.3) is 11.6 Å². The quantitative estimate of drug-likeness (QED) is 0.628. The number of hydrogen-bond donors (Lipinski definition) is 1. The van der Waals surface area contributed by atoms with Gasteiger partial charge < -0.3 is 15.0 Å². The van der Waals surface area contributed by atoms with E-state index in [9.17, 15) is 19.7 Å².